The van der Waals surface area contributed by atoms with Crippen molar-refractivity contribution < 1.29 is 13.2 Å². The summed E-state index contributed by atoms with van der Waals surface area (Å²) in [7, 11) is -1.92. The molecule has 0 bridgehead atoms. The van der Waals surface area contributed by atoms with Crippen LogP contribution in [-0.4, -0.2) is 49.9 Å². The molecule has 1 heterocycles. The smallest absolute Gasteiger partial charge is 0.238 e. The van der Waals surface area contributed by atoms with Gasteiger partial charge in [0.25, 0.3) is 0 Å². The summed E-state index contributed by atoms with van der Waals surface area (Å²) in [5.41, 5.74) is 1.14. The van der Waals surface area contributed by atoms with Gasteiger partial charge in [0.15, 0.2) is 0 Å². The Balaban J connectivity index is 1.89. The van der Waals surface area contributed by atoms with Crippen LogP contribution in [-0.2, 0) is 14.8 Å². The number of amides is 1. The number of hydrogen-bond acceptors (Lipinski definition) is 3. The molecule has 0 radical (unpaired) electrons. The molecule has 1 atom stereocenters. The van der Waals surface area contributed by atoms with Gasteiger partial charge in [-0.3, -0.25) is 4.79 Å². The van der Waals surface area contributed by atoms with Crippen LogP contribution in [0.25, 0.3) is 10.8 Å². The third-order valence-corrected chi connectivity index (χ3v) is 5.94. The molecule has 3 rings (SSSR count). The Kier molecular flexibility index (Phi) is 4.60. The average molecular weight is 346 g/mol. The lowest BCUT2D eigenvalue weighted by molar-refractivity contribution is -0.132. The number of likely N-dealkylation sites (N-methyl/N-ethyl adjacent to an activating group) is 1. The summed E-state index contributed by atoms with van der Waals surface area (Å²) < 4.78 is 24.2. The van der Waals surface area contributed by atoms with Crippen LogP contribution in [0.1, 0.15) is 24.4 Å². The maximum atomic E-state index is 12.6. The number of carbonyl (C=O) groups excluding carboxylic acids is 1. The lowest BCUT2D eigenvalue weighted by atomic mass is 9.97. The van der Waals surface area contributed by atoms with E-state index >= 15 is 0 Å². The van der Waals surface area contributed by atoms with Gasteiger partial charge in [0.1, 0.15) is 0 Å². The number of carbonyl (C=O) groups is 1. The van der Waals surface area contributed by atoms with E-state index in [9.17, 15) is 13.2 Å². The highest BCUT2D eigenvalue weighted by Gasteiger charge is 2.32. The number of fused-ring (bicyclic) bond motifs is 1. The van der Waals surface area contributed by atoms with Gasteiger partial charge in [-0.1, -0.05) is 42.5 Å². The third kappa shape index (κ3) is 3.30. The first kappa shape index (κ1) is 16.9. The van der Waals surface area contributed by atoms with Crippen LogP contribution >= 0.6 is 0 Å². The minimum absolute atomic E-state index is 0.0107. The predicted octanol–water partition coefficient (Wildman–Crippen LogP) is 2.39. The van der Waals surface area contributed by atoms with E-state index in [1.54, 1.807) is 0 Å². The molecule has 0 aliphatic carbocycles. The van der Waals surface area contributed by atoms with E-state index in [1.165, 1.54) is 7.05 Å². The molecule has 0 spiro atoms. The quantitative estimate of drug-likeness (QED) is 0.854. The van der Waals surface area contributed by atoms with Gasteiger partial charge in [0.2, 0.25) is 15.9 Å². The molecule has 24 heavy (non-hydrogen) atoms. The summed E-state index contributed by atoms with van der Waals surface area (Å²) in [6.45, 7) is 0.560. The number of likely N-dealkylation sites (tertiary alicyclic amines) is 1. The van der Waals surface area contributed by atoms with E-state index in [4.69, 9.17) is 0 Å². The maximum absolute atomic E-state index is 12.6. The highest BCUT2D eigenvalue weighted by molar-refractivity contribution is 7.88. The summed E-state index contributed by atoms with van der Waals surface area (Å²) in [6, 6.07) is 14.3. The first-order valence-electron chi connectivity index (χ1n) is 8.06. The fourth-order valence-corrected chi connectivity index (χ4v) is 3.67. The number of benzene rings is 2. The Labute approximate surface area is 142 Å². The fraction of sp³-hybridized carbons (Fsp3) is 0.389. The lowest BCUT2D eigenvalue weighted by Gasteiger charge is -2.27. The lowest BCUT2D eigenvalue weighted by Crippen LogP contribution is -2.40. The summed E-state index contributed by atoms with van der Waals surface area (Å²) in [6.07, 6.45) is 2.96. The zero-order valence-electron chi connectivity index (χ0n) is 14.0. The summed E-state index contributed by atoms with van der Waals surface area (Å²) >= 11 is 0. The molecule has 0 aromatic heterocycles. The highest BCUT2D eigenvalue weighted by Crippen LogP contribution is 2.35. The van der Waals surface area contributed by atoms with Gasteiger partial charge in [-0.15, -0.1) is 0 Å². The van der Waals surface area contributed by atoms with Crippen molar-refractivity contribution in [3.8, 4) is 0 Å². The molecular weight excluding hydrogens is 324 g/mol. The molecule has 0 N–H and O–H groups in total. The third-order valence-electron chi connectivity index (χ3n) is 4.68. The summed E-state index contributed by atoms with van der Waals surface area (Å²) in [5, 5.41) is 2.31. The summed E-state index contributed by atoms with van der Waals surface area (Å²) in [4.78, 5) is 14.5. The summed E-state index contributed by atoms with van der Waals surface area (Å²) in [5.74, 6) is -0.140. The Morgan fingerprint density at radius 1 is 1.21 bits per heavy atom. The molecule has 1 amide bonds. The highest BCUT2D eigenvalue weighted by atomic mass is 32.2. The molecule has 1 fully saturated rings. The van der Waals surface area contributed by atoms with E-state index < -0.39 is 10.0 Å². The molecule has 0 saturated carbocycles. The van der Waals surface area contributed by atoms with Crippen molar-refractivity contribution in [2.75, 3.05) is 26.4 Å². The van der Waals surface area contributed by atoms with Crippen LogP contribution in [0.15, 0.2) is 42.5 Å². The molecule has 0 unspecified atom stereocenters. The van der Waals surface area contributed by atoms with Gasteiger partial charge in [0.05, 0.1) is 18.8 Å². The van der Waals surface area contributed by atoms with Crippen LogP contribution in [0, 0.1) is 0 Å². The Morgan fingerprint density at radius 2 is 1.92 bits per heavy atom. The van der Waals surface area contributed by atoms with Gasteiger partial charge in [-0.25, -0.2) is 8.42 Å². The molecule has 1 aliphatic rings. The van der Waals surface area contributed by atoms with Gasteiger partial charge in [0, 0.05) is 13.6 Å². The zero-order valence-corrected chi connectivity index (χ0v) is 14.8. The van der Waals surface area contributed by atoms with E-state index in [-0.39, 0.29) is 18.5 Å². The fourth-order valence-electron chi connectivity index (χ4n) is 3.33. The molecule has 128 valence electrons. The Bertz CT molecular complexity index is 858. The monoisotopic (exact) mass is 346 g/mol. The minimum Gasteiger partial charge on any atom is -0.334 e. The standard InChI is InChI=1S/C18H22N2O3S/c1-19(24(2,22)23)13-18(21)20-12-6-11-17(20)16-10-5-8-14-7-3-4-9-15(14)16/h3-5,7-10,17H,6,11-13H2,1-2H3/t17-/m1/s1. The second-order valence-corrected chi connectivity index (χ2v) is 8.42. The van der Waals surface area contributed by atoms with Gasteiger partial charge >= 0.3 is 0 Å². The molecule has 2 aromatic rings. The molecule has 1 aliphatic heterocycles. The molecule has 6 heteroatoms. The number of sulfonamides is 1. The second-order valence-electron chi connectivity index (χ2n) is 6.33. The van der Waals surface area contributed by atoms with Crippen LogP contribution in [0.3, 0.4) is 0 Å². The normalized spacial score (nSPS) is 18.5. The number of rotatable bonds is 4. The predicted molar refractivity (Wildman–Crippen MR) is 95.1 cm³/mol. The number of hydrogen-bond donors (Lipinski definition) is 0. The number of nitrogens with zero attached hydrogens (tertiary/aromatic N) is 2. The van der Waals surface area contributed by atoms with Crippen LogP contribution < -0.4 is 0 Å². The van der Waals surface area contributed by atoms with Gasteiger partial charge in [-0.2, -0.15) is 4.31 Å². The van der Waals surface area contributed by atoms with E-state index in [0.29, 0.717) is 6.54 Å². The van der Waals surface area contributed by atoms with E-state index in [2.05, 4.69) is 24.3 Å². The van der Waals surface area contributed by atoms with Crippen molar-refractivity contribution in [2.24, 2.45) is 0 Å². The van der Waals surface area contributed by atoms with Crippen molar-refractivity contribution >= 4 is 26.7 Å². The Hall–Kier alpha value is -1.92. The van der Waals surface area contributed by atoms with Crippen LogP contribution in [0.2, 0.25) is 0 Å². The molecular formula is C18H22N2O3S. The van der Waals surface area contributed by atoms with Gasteiger partial charge < -0.3 is 4.90 Å². The topological polar surface area (TPSA) is 57.7 Å². The largest absolute Gasteiger partial charge is 0.334 e. The van der Waals surface area contributed by atoms with Crippen molar-refractivity contribution in [1.82, 2.24) is 9.21 Å². The van der Waals surface area contributed by atoms with Crippen molar-refractivity contribution in [2.45, 2.75) is 18.9 Å². The second kappa shape index (κ2) is 6.53. The van der Waals surface area contributed by atoms with E-state index in [0.717, 1.165) is 39.7 Å². The first-order valence-corrected chi connectivity index (χ1v) is 9.91. The van der Waals surface area contributed by atoms with Crippen LogP contribution in [0.4, 0.5) is 0 Å². The van der Waals surface area contributed by atoms with Gasteiger partial charge in [-0.05, 0) is 29.2 Å². The van der Waals surface area contributed by atoms with Crippen LogP contribution in [0.5, 0.6) is 0 Å². The van der Waals surface area contributed by atoms with Crippen molar-refractivity contribution in [3.05, 3.63) is 48.0 Å². The van der Waals surface area contributed by atoms with Crippen molar-refractivity contribution in [3.63, 3.8) is 0 Å². The molecule has 5 nitrogen and oxygen atoms in total. The molecule has 2 aromatic carbocycles. The van der Waals surface area contributed by atoms with E-state index in [1.807, 2.05) is 23.1 Å². The Morgan fingerprint density at radius 3 is 2.67 bits per heavy atom. The minimum atomic E-state index is -3.36. The van der Waals surface area contributed by atoms with Crippen molar-refractivity contribution in [1.29, 1.82) is 0 Å². The average Bonchev–Trinajstić information content (AvgIpc) is 3.03. The maximum Gasteiger partial charge on any atom is 0.238 e. The SMILES string of the molecule is CN(CC(=O)N1CCC[C@@H]1c1cccc2ccccc12)S(C)(=O)=O. The first-order chi connectivity index (χ1) is 11.4. The molecule has 1 saturated heterocycles. The zero-order chi connectivity index (χ0) is 17.3.